The second kappa shape index (κ2) is 7.11. The molecular formula is C18H19ClN2O3. The first kappa shape index (κ1) is 16.6. The van der Waals surface area contributed by atoms with Crippen LogP contribution in [0.15, 0.2) is 42.5 Å². The predicted octanol–water partition coefficient (Wildman–Crippen LogP) is 2.84. The van der Waals surface area contributed by atoms with Crippen molar-refractivity contribution in [1.29, 1.82) is 0 Å². The number of phenolic OH excluding ortho intramolecular Hbond substituents is 1. The topological polar surface area (TPSA) is 61.8 Å². The molecule has 0 bridgehead atoms. The summed E-state index contributed by atoms with van der Waals surface area (Å²) in [5, 5.41) is 14.3. The second-order valence-corrected chi connectivity index (χ2v) is 6.11. The maximum Gasteiger partial charge on any atom is 0.257 e. The zero-order valence-electron chi connectivity index (χ0n) is 13.3. The van der Waals surface area contributed by atoms with Gasteiger partial charge >= 0.3 is 0 Å². The maximum absolute atomic E-state index is 12.8. The Labute approximate surface area is 145 Å². The highest BCUT2D eigenvalue weighted by atomic mass is 35.5. The van der Waals surface area contributed by atoms with Crippen LogP contribution in [-0.2, 0) is 0 Å². The summed E-state index contributed by atoms with van der Waals surface area (Å²) in [6.45, 7) is 1.76. The van der Waals surface area contributed by atoms with Gasteiger partial charge in [0.15, 0.2) is 11.5 Å². The van der Waals surface area contributed by atoms with E-state index in [0.29, 0.717) is 30.4 Å². The first-order valence-corrected chi connectivity index (χ1v) is 8.12. The van der Waals surface area contributed by atoms with Gasteiger partial charge in [0.2, 0.25) is 0 Å². The molecule has 0 saturated carbocycles. The van der Waals surface area contributed by atoms with Crippen molar-refractivity contribution in [2.45, 2.75) is 6.04 Å². The standard InChI is InChI=1S/C18H19ClN2O3/c1-24-16-7-3-6-14(17(16)22)18(23)21-9-8-20-15(11-21)12-4-2-5-13(19)10-12/h2-7,10,15,20,22H,8-9,11H2,1H3/t15-/m0/s1. The summed E-state index contributed by atoms with van der Waals surface area (Å²) in [6.07, 6.45) is 0. The fourth-order valence-corrected chi connectivity index (χ4v) is 3.11. The van der Waals surface area contributed by atoms with E-state index in [-0.39, 0.29) is 23.3 Å². The molecule has 0 aromatic heterocycles. The Morgan fingerprint density at radius 3 is 2.88 bits per heavy atom. The van der Waals surface area contributed by atoms with Gasteiger partial charge in [0.05, 0.1) is 18.7 Å². The number of ether oxygens (including phenoxy) is 1. The molecule has 1 aliphatic heterocycles. The lowest BCUT2D eigenvalue weighted by atomic mass is 10.0. The predicted molar refractivity (Wildman–Crippen MR) is 92.8 cm³/mol. The van der Waals surface area contributed by atoms with E-state index in [4.69, 9.17) is 16.3 Å². The monoisotopic (exact) mass is 346 g/mol. The molecule has 5 nitrogen and oxygen atoms in total. The normalized spacial score (nSPS) is 17.6. The van der Waals surface area contributed by atoms with Gasteiger partial charge in [-0.15, -0.1) is 0 Å². The van der Waals surface area contributed by atoms with E-state index in [1.165, 1.54) is 7.11 Å². The van der Waals surface area contributed by atoms with Crippen molar-refractivity contribution in [2.75, 3.05) is 26.7 Å². The van der Waals surface area contributed by atoms with Crippen LogP contribution in [0.1, 0.15) is 22.0 Å². The Balaban J connectivity index is 1.81. The number of carbonyl (C=O) groups excluding carboxylic acids is 1. The number of para-hydroxylation sites is 1. The molecule has 0 unspecified atom stereocenters. The van der Waals surface area contributed by atoms with Crippen molar-refractivity contribution in [3.05, 3.63) is 58.6 Å². The summed E-state index contributed by atoms with van der Waals surface area (Å²) in [4.78, 5) is 14.5. The molecule has 2 N–H and O–H groups in total. The molecule has 1 fully saturated rings. The number of amides is 1. The molecule has 0 spiro atoms. The van der Waals surface area contributed by atoms with Crippen molar-refractivity contribution in [1.82, 2.24) is 10.2 Å². The highest BCUT2D eigenvalue weighted by Gasteiger charge is 2.27. The van der Waals surface area contributed by atoms with Gasteiger partial charge in [0.1, 0.15) is 0 Å². The number of phenols is 1. The lowest BCUT2D eigenvalue weighted by Crippen LogP contribution is -2.48. The van der Waals surface area contributed by atoms with Crippen molar-refractivity contribution < 1.29 is 14.6 Å². The first-order chi connectivity index (χ1) is 11.6. The molecule has 126 valence electrons. The lowest BCUT2D eigenvalue weighted by molar-refractivity contribution is 0.0699. The van der Waals surface area contributed by atoms with Crippen LogP contribution in [0.5, 0.6) is 11.5 Å². The SMILES string of the molecule is COc1cccc(C(=O)N2CCN[C@H](c3cccc(Cl)c3)C2)c1O. The maximum atomic E-state index is 12.8. The van der Waals surface area contributed by atoms with Crippen LogP contribution < -0.4 is 10.1 Å². The van der Waals surface area contributed by atoms with Crippen molar-refractivity contribution in [2.24, 2.45) is 0 Å². The van der Waals surface area contributed by atoms with Crippen LogP contribution in [0.25, 0.3) is 0 Å². The molecule has 24 heavy (non-hydrogen) atoms. The number of halogens is 1. The zero-order chi connectivity index (χ0) is 17.1. The van der Waals surface area contributed by atoms with Gasteiger partial charge in [-0.05, 0) is 29.8 Å². The number of aromatic hydroxyl groups is 1. The molecule has 1 heterocycles. The first-order valence-electron chi connectivity index (χ1n) is 7.74. The number of nitrogens with one attached hydrogen (secondary N) is 1. The van der Waals surface area contributed by atoms with Crippen molar-refractivity contribution >= 4 is 17.5 Å². The number of benzene rings is 2. The minimum absolute atomic E-state index is 0.00847. The van der Waals surface area contributed by atoms with Crippen LogP contribution in [-0.4, -0.2) is 42.7 Å². The zero-order valence-corrected chi connectivity index (χ0v) is 14.1. The highest BCUT2D eigenvalue weighted by molar-refractivity contribution is 6.30. The Morgan fingerprint density at radius 2 is 2.12 bits per heavy atom. The third kappa shape index (κ3) is 3.32. The molecular weight excluding hydrogens is 328 g/mol. The minimum atomic E-state index is -0.208. The molecule has 1 aliphatic rings. The average Bonchev–Trinajstić information content (AvgIpc) is 2.61. The fourth-order valence-electron chi connectivity index (χ4n) is 2.91. The number of hydrogen-bond acceptors (Lipinski definition) is 4. The Bertz CT molecular complexity index is 751. The summed E-state index contributed by atoms with van der Waals surface area (Å²) in [5.74, 6) is -0.0369. The van der Waals surface area contributed by atoms with Crippen LogP contribution >= 0.6 is 11.6 Å². The molecule has 2 aromatic carbocycles. The van der Waals surface area contributed by atoms with Crippen LogP contribution in [0.2, 0.25) is 5.02 Å². The van der Waals surface area contributed by atoms with Crippen LogP contribution in [0, 0.1) is 0 Å². The molecule has 1 atom stereocenters. The molecule has 2 aromatic rings. The van der Waals surface area contributed by atoms with Gasteiger partial charge in [-0.3, -0.25) is 4.79 Å². The van der Waals surface area contributed by atoms with Gasteiger partial charge in [-0.25, -0.2) is 0 Å². The van der Waals surface area contributed by atoms with Gasteiger partial charge in [0.25, 0.3) is 5.91 Å². The molecule has 1 saturated heterocycles. The van der Waals surface area contributed by atoms with Gasteiger partial charge in [0, 0.05) is 24.7 Å². The largest absolute Gasteiger partial charge is 0.504 e. The van der Waals surface area contributed by atoms with Crippen molar-refractivity contribution in [3.63, 3.8) is 0 Å². The molecule has 3 rings (SSSR count). The summed E-state index contributed by atoms with van der Waals surface area (Å²) >= 11 is 6.06. The average molecular weight is 347 g/mol. The molecule has 1 amide bonds. The number of piperazine rings is 1. The van der Waals surface area contributed by atoms with Crippen molar-refractivity contribution in [3.8, 4) is 11.5 Å². The third-order valence-corrected chi connectivity index (χ3v) is 4.40. The number of rotatable bonds is 3. The number of hydrogen-bond donors (Lipinski definition) is 2. The summed E-state index contributed by atoms with van der Waals surface area (Å²) < 4.78 is 5.08. The fraction of sp³-hybridized carbons (Fsp3) is 0.278. The Morgan fingerprint density at radius 1 is 1.33 bits per heavy atom. The third-order valence-electron chi connectivity index (χ3n) is 4.16. The lowest BCUT2D eigenvalue weighted by Gasteiger charge is -2.34. The smallest absolute Gasteiger partial charge is 0.257 e. The summed E-state index contributed by atoms with van der Waals surface area (Å²) in [5.41, 5.74) is 1.29. The Hall–Kier alpha value is -2.24. The van der Waals surface area contributed by atoms with Crippen LogP contribution in [0.3, 0.4) is 0 Å². The van der Waals surface area contributed by atoms with E-state index in [1.807, 2.05) is 24.3 Å². The van der Waals surface area contributed by atoms with Crippen LogP contribution in [0.4, 0.5) is 0 Å². The van der Waals surface area contributed by atoms with Gasteiger partial charge < -0.3 is 20.1 Å². The number of carbonyl (C=O) groups is 1. The van der Waals surface area contributed by atoms with E-state index in [9.17, 15) is 9.90 Å². The van der Waals surface area contributed by atoms with E-state index < -0.39 is 0 Å². The number of methoxy groups -OCH3 is 1. The van der Waals surface area contributed by atoms with Gasteiger partial charge in [-0.1, -0.05) is 29.8 Å². The Kier molecular flexibility index (Phi) is 4.92. The van der Waals surface area contributed by atoms with E-state index in [1.54, 1.807) is 23.1 Å². The van der Waals surface area contributed by atoms with E-state index in [2.05, 4.69) is 5.32 Å². The van der Waals surface area contributed by atoms with E-state index >= 15 is 0 Å². The molecule has 6 heteroatoms. The highest BCUT2D eigenvalue weighted by Crippen LogP contribution is 2.31. The van der Waals surface area contributed by atoms with E-state index in [0.717, 1.165) is 5.56 Å². The number of nitrogens with zero attached hydrogens (tertiary/aromatic N) is 1. The quantitative estimate of drug-likeness (QED) is 0.897. The summed E-state index contributed by atoms with van der Waals surface area (Å²) in [7, 11) is 1.46. The second-order valence-electron chi connectivity index (χ2n) is 5.67. The molecule has 0 radical (unpaired) electrons. The van der Waals surface area contributed by atoms with Gasteiger partial charge in [-0.2, -0.15) is 0 Å². The summed E-state index contributed by atoms with van der Waals surface area (Å²) in [6, 6.07) is 12.5. The minimum Gasteiger partial charge on any atom is -0.504 e. The molecule has 0 aliphatic carbocycles.